The van der Waals surface area contributed by atoms with E-state index in [2.05, 4.69) is 0 Å². The van der Waals surface area contributed by atoms with Gasteiger partial charge >= 0.3 is 5.31 Å². The maximum absolute atomic E-state index is 4.97. The van der Waals surface area contributed by atoms with E-state index in [1.54, 1.807) is 0 Å². The molecule has 0 aliphatic heterocycles. The molecule has 0 aromatic heterocycles. The second kappa shape index (κ2) is 3.35. The fourth-order valence-electron chi connectivity index (χ4n) is 0. The molecule has 0 saturated carbocycles. The Kier molecular flexibility index (Phi) is 5.78. The molecular weight excluding hydrogens is 184 g/mol. The van der Waals surface area contributed by atoms with Crippen LogP contribution in [0.2, 0.25) is 0 Å². The van der Waals surface area contributed by atoms with Gasteiger partial charge in [-0.25, -0.2) is 0 Å². The van der Waals surface area contributed by atoms with E-state index >= 15 is 0 Å². The van der Waals surface area contributed by atoms with E-state index in [0.29, 0.717) is 0 Å². The molecule has 0 aliphatic rings. The van der Waals surface area contributed by atoms with Gasteiger partial charge in [-0.15, -0.1) is 44.3 Å². The minimum Gasteiger partial charge on any atom is -0.344 e. The summed E-state index contributed by atoms with van der Waals surface area (Å²) in [5.74, 6) is 0. The molecule has 0 atom stereocenters. The Morgan fingerprint density at radius 3 is 0.833 bits per heavy atom. The zero-order valence-corrected chi connectivity index (χ0v) is 6.74. The summed E-state index contributed by atoms with van der Waals surface area (Å²) in [5.41, 5.74) is 0. The van der Waals surface area contributed by atoms with E-state index in [4.69, 9.17) is 44.3 Å². The van der Waals surface area contributed by atoms with Gasteiger partial charge in [0.05, 0.1) is 0 Å². The molecule has 0 bridgehead atoms. The van der Waals surface area contributed by atoms with Crippen molar-refractivity contribution in [3.05, 3.63) is 0 Å². The van der Waals surface area contributed by atoms with Gasteiger partial charge in [0.15, 0.2) is 0 Å². The number of rotatable bonds is 0. The van der Waals surface area contributed by atoms with E-state index < -0.39 is 5.31 Å². The van der Waals surface area contributed by atoms with Crippen LogP contribution in [-0.2, 0) is 0 Å². The molecule has 3 N–H and O–H groups in total. The highest BCUT2D eigenvalue weighted by Gasteiger charge is 2.19. The van der Waals surface area contributed by atoms with Crippen LogP contribution in [0, 0.1) is 0 Å². The number of hydrogen-bond donors (Lipinski definition) is 1. The Morgan fingerprint density at radius 2 is 0.833 bits per heavy atom. The fourth-order valence-corrected chi connectivity index (χ4v) is 0. The summed E-state index contributed by atoms with van der Waals surface area (Å²) >= 11 is 19.9. The molecule has 6 heavy (non-hydrogen) atoms. The fraction of sp³-hybridized carbons (Fsp3) is 0. The summed E-state index contributed by atoms with van der Waals surface area (Å²) in [7, 11) is 0. The molecular formula is H3Cl4NSi. The lowest BCUT2D eigenvalue weighted by molar-refractivity contribution is 2.13. The lowest BCUT2D eigenvalue weighted by atomic mass is 14.0. The van der Waals surface area contributed by atoms with Gasteiger partial charge in [-0.1, -0.05) is 0 Å². The molecule has 0 rings (SSSR count). The van der Waals surface area contributed by atoms with E-state index in [9.17, 15) is 0 Å². The molecule has 0 radical (unpaired) electrons. The standard InChI is InChI=1S/Cl4Si.H3N/c1-5(2,3)4;/h;1H3. The summed E-state index contributed by atoms with van der Waals surface area (Å²) < 4.78 is 0. The molecule has 0 aliphatic carbocycles. The van der Waals surface area contributed by atoms with Crippen molar-refractivity contribution in [2.45, 2.75) is 0 Å². The third-order valence-corrected chi connectivity index (χ3v) is 0. The molecule has 0 unspecified atom stereocenters. The molecule has 0 spiro atoms. The van der Waals surface area contributed by atoms with Crippen LogP contribution in [0.5, 0.6) is 0 Å². The highest BCUT2D eigenvalue weighted by Crippen LogP contribution is 2.23. The van der Waals surface area contributed by atoms with Crippen molar-refractivity contribution in [1.82, 2.24) is 6.15 Å². The van der Waals surface area contributed by atoms with Crippen molar-refractivity contribution >= 4 is 49.6 Å². The van der Waals surface area contributed by atoms with Crippen LogP contribution in [0.3, 0.4) is 0 Å². The Bertz CT molecular complexity index is 23.0. The normalized spacial score (nSPS) is 10.0. The lowest BCUT2D eigenvalue weighted by Gasteiger charge is -1.85. The van der Waals surface area contributed by atoms with E-state index in [1.807, 2.05) is 0 Å². The predicted molar refractivity (Wildman–Crippen MR) is 34.2 cm³/mol. The molecule has 1 nitrogen and oxygen atoms in total. The zero-order valence-electron chi connectivity index (χ0n) is 2.72. The first-order valence-corrected chi connectivity index (χ1v) is 6.80. The Morgan fingerprint density at radius 1 is 0.833 bits per heavy atom. The van der Waals surface area contributed by atoms with Gasteiger partial charge in [0.1, 0.15) is 0 Å². The third kappa shape index (κ3) is 56.2. The molecule has 0 saturated heterocycles. The molecule has 0 aromatic rings. The van der Waals surface area contributed by atoms with E-state index in [0.717, 1.165) is 0 Å². The Labute approximate surface area is 55.9 Å². The monoisotopic (exact) mass is 185 g/mol. The first-order chi connectivity index (χ1) is 2.00. The highest BCUT2D eigenvalue weighted by molar-refractivity contribution is 7.81. The first-order valence-electron chi connectivity index (χ1n) is 0.756. The largest absolute Gasteiger partial charge is 0.440 e. The van der Waals surface area contributed by atoms with Crippen LogP contribution >= 0.6 is 44.3 Å². The lowest BCUT2D eigenvalue weighted by Crippen LogP contribution is -1.91. The van der Waals surface area contributed by atoms with E-state index in [1.165, 1.54) is 0 Å². The smallest absolute Gasteiger partial charge is 0.344 e. The van der Waals surface area contributed by atoms with Gasteiger partial charge in [0.25, 0.3) is 0 Å². The van der Waals surface area contributed by atoms with Crippen LogP contribution in [-0.4, -0.2) is 5.31 Å². The Balaban J connectivity index is 0. The maximum atomic E-state index is 4.97. The summed E-state index contributed by atoms with van der Waals surface area (Å²) in [6, 6.07) is 0. The summed E-state index contributed by atoms with van der Waals surface area (Å²) in [6.07, 6.45) is 0. The van der Waals surface area contributed by atoms with Gasteiger partial charge < -0.3 is 6.15 Å². The van der Waals surface area contributed by atoms with Crippen molar-refractivity contribution < 1.29 is 0 Å². The second-order valence-corrected chi connectivity index (χ2v) is 11.6. The minimum atomic E-state index is -2.72. The van der Waals surface area contributed by atoms with Gasteiger partial charge in [0.2, 0.25) is 0 Å². The minimum absolute atomic E-state index is 0. The molecule has 0 aromatic carbocycles. The van der Waals surface area contributed by atoms with Crippen LogP contribution < -0.4 is 6.15 Å². The zero-order chi connectivity index (χ0) is 4.50. The summed E-state index contributed by atoms with van der Waals surface area (Å²) in [4.78, 5) is 0. The first kappa shape index (κ1) is 10.3. The van der Waals surface area contributed by atoms with Gasteiger partial charge in [0, 0.05) is 0 Å². The molecule has 40 valence electrons. The SMILES string of the molecule is Cl[Si](Cl)(Cl)Cl.N. The van der Waals surface area contributed by atoms with Crippen molar-refractivity contribution in [2.24, 2.45) is 0 Å². The van der Waals surface area contributed by atoms with Crippen molar-refractivity contribution in [1.29, 1.82) is 0 Å². The highest BCUT2D eigenvalue weighted by atomic mass is 36.0. The van der Waals surface area contributed by atoms with Gasteiger partial charge in [-0.3, -0.25) is 0 Å². The maximum Gasteiger partial charge on any atom is 0.440 e. The predicted octanol–water partition coefficient (Wildman–Crippen LogP) is 2.54. The van der Waals surface area contributed by atoms with Crippen LogP contribution in [0.1, 0.15) is 0 Å². The van der Waals surface area contributed by atoms with Crippen LogP contribution in [0.4, 0.5) is 0 Å². The molecule has 0 heterocycles. The topological polar surface area (TPSA) is 35.0 Å². The molecule has 6 heteroatoms. The second-order valence-electron chi connectivity index (χ2n) is 0.429. The van der Waals surface area contributed by atoms with Crippen molar-refractivity contribution in [3.63, 3.8) is 0 Å². The quantitative estimate of drug-likeness (QED) is 0.458. The number of hydrogen-bond acceptors (Lipinski definition) is 1. The van der Waals surface area contributed by atoms with Crippen LogP contribution in [0.25, 0.3) is 0 Å². The molecule has 0 fully saturated rings. The third-order valence-electron chi connectivity index (χ3n) is 0. The summed E-state index contributed by atoms with van der Waals surface area (Å²) in [6.45, 7) is 0. The molecule has 0 amide bonds. The van der Waals surface area contributed by atoms with Crippen molar-refractivity contribution in [2.75, 3.05) is 0 Å². The Hall–Kier alpha value is 1.34. The van der Waals surface area contributed by atoms with Gasteiger partial charge in [-0.05, 0) is 0 Å². The van der Waals surface area contributed by atoms with E-state index in [-0.39, 0.29) is 6.15 Å². The average molecular weight is 187 g/mol. The van der Waals surface area contributed by atoms with Crippen LogP contribution in [0.15, 0.2) is 0 Å². The number of halogens is 4. The average Bonchev–Trinajstić information content (AvgIpc) is 0.722. The van der Waals surface area contributed by atoms with Crippen molar-refractivity contribution in [3.8, 4) is 0 Å². The summed E-state index contributed by atoms with van der Waals surface area (Å²) in [5, 5.41) is -2.72. The van der Waals surface area contributed by atoms with Gasteiger partial charge in [-0.2, -0.15) is 0 Å².